The van der Waals surface area contributed by atoms with Gasteiger partial charge in [-0.2, -0.15) is 0 Å². The first-order chi connectivity index (χ1) is 7.51. The zero-order valence-corrected chi connectivity index (χ0v) is 9.90. The van der Waals surface area contributed by atoms with Crippen molar-refractivity contribution in [3.05, 3.63) is 12.7 Å². The first kappa shape index (κ1) is 14.5. The molecular formula is C11H20N2O3. The second-order valence-corrected chi connectivity index (χ2v) is 3.70. The lowest BCUT2D eigenvalue weighted by Gasteiger charge is -2.22. The van der Waals surface area contributed by atoms with Crippen LogP contribution in [0.5, 0.6) is 0 Å². The summed E-state index contributed by atoms with van der Waals surface area (Å²) in [6, 6.07) is -0.304. The molecule has 0 aromatic carbocycles. The Balaban J connectivity index is 4.25. The summed E-state index contributed by atoms with van der Waals surface area (Å²) >= 11 is 0. The molecule has 0 rings (SSSR count). The molecule has 1 atom stereocenters. The van der Waals surface area contributed by atoms with E-state index in [1.54, 1.807) is 0 Å². The smallest absolute Gasteiger partial charge is 0.323 e. The molecule has 1 unspecified atom stereocenters. The average Bonchev–Trinajstić information content (AvgIpc) is 2.16. The fraction of sp³-hybridized carbons (Fsp3) is 0.636. The van der Waals surface area contributed by atoms with Crippen LogP contribution in [0, 0.1) is 0 Å². The minimum Gasteiger partial charge on any atom is -0.480 e. The number of nitrogens with one attached hydrogen (secondary N) is 1. The molecule has 0 spiro atoms. The molecule has 5 nitrogen and oxygen atoms in total. The summed E-state index contributed by atoms with van der Waals surface area (Å²) in [5.41, 5.74) is 0. The molecule has 92 valence electrons. The van der Waals surface area contributed by atoms with Gasteiger partial charge in [-0.15, -0.1) is 6.58 Å². The lowest BCUT2D eigenvalue weighted by atomic mass is 10.2. The van der Waals surface area contributed by atoms with Crippen LogP contribution in [0.2, 0.25) is 0 Å². The predicted molar refractivity (Wildman–Crippen MR) is 62.3 cm³/mol. The number of hydrogen-bond acceptors (Lipinski definition) is 2. The van der Waals surface area contributed by atoms with Crippen LogP contribution in [0.15, 0.2) is 12.7 Å². The van der Waals surface area contributed by atoms with Gasteiger partial charge in [-0.3, -0.25) is 4.79 Å². The maximum atomic E-state index is 11.7. The summed E-state index contributed by atoms with van der Waals surface area (Å²) in [6.45, 7) is 7.34. The fourth-order valence-corrected chi connectivity index (χ4v) is 1.35. The van der Waals surface area contributed by atoms with E-state index in [2.05, 4.69) is 11.9 Å². The van der Waals surface area contributed by atoms with Gasteiger partial charge in [-0.1, -0.05) is 19.4 Å². The van der Waals surface area contributed by atoms with Crippen molar-refractivity contribution in [3.8, 4) is 0 Å². The minimum atomic E-state index is -1.03. The van der Waals surface area contributed by atoms with E-state index in [0.717, 1.165) is 12.8 Å². The molecule has 0 radical (unpaired) electrons. The third-order valence-corrected chi connectivity index (χ3v) is 2.05. The topological polar surface area (TPSA) is 69.6 Å². The van der Waals surface area contributed by atoms with Gasteiger partial charge in [0.25, 0.3) is 0 Å². The summed E-state index contributed by atoms with van der Waals surface area (Å²) in [7, 11) is 0. The van der Waals surface area contributed by atoms with Crippen molar-refractivity contribution in [2.24, 2.45) is 0 Å². The molecule has 0 fully saturated rings. The van der Waals surface area contributed by atoms with Crippen LogP contribution < -0.4 is 5.32 Å². The Labute approximate surface area is 96.1 Å². The highest BCUT2D eigenvalue weighted by molar-refractivity contribution is 5.80. The normalized spacial score (nSPS) is 11.6. The van der Waals surface area contributed by atoms with Gasteiger partial charge in [0.05, 0.1) is 0 Å². The van der Waals surface area contributed by atoms with Crippen LogP contribution in [0.25, 0.3) is 0 Å². The van der Waals surface area contributed by atoms with Crippen molar-refractivity contribution in [2.75, 3.05) is 13.1 Å². The Morgan fingerprint density at radius 2 is 2.19 bits per heavy atom. The first-order valence-corrected chi connectivity index (χ1v) is 5.39. The van der Waals surface area contributed by atoms with E-state index in [0.29, 0.717) is 0 Å². The molecular weight excluding hydrogens is 208 g/mol. The summed E-state index contributed by atoms with van der Waals surface area (Å²) < 4.78 is 0. The number of carboxylic acid groups (broad SMARTS) is 1. The van der Waals surface area contributed by atoms with Crippen molar-refractivity contribution in [3.63, 3.8) is 0 Å². The van der Waals surface area contributed by atoms with E-state index in [1.807, 2.05) is 13.8 Å². The Hall–Kier alpha value is -1.52. The number of urea groups is 1. The van der Waals surface area contributed by atoms with Crippen LogP contribution in [0.3, 0.4) is 0 Å². The number of carbonyl (C=O) groups excluding carboxylic acids is 1. The van der Waals surface area contributed by atoms with Gasteiger partial charge in [0.1, 0.15) is 6.54 Å². The van der Waals surface area contributed by atoms with Gasteiger partial charge in [0.15, 0.2) is 0 Å². The molecule has 0 aliphatic rings. The quantitative estimate of drug-likeness (QED) is 0.648. The molecule has 2 amide bonds. The lowest BCUT2D eigenvalue weighted by Crippen LogP contribution is -2.45. The molecule has 16 heavy (non-hydrogen) atoms. The van der Waals surface area contributed by atoms with E-state index >= 15 is 0 Å². The Kier molecular flexibility index (Phi) is 7.00. The van der Waals surface area contributed by atoms with E-state index in [9.17, 15) is 9.59 Å². The average molecular weight is 228 g/mol. The van der Waals surface area contributed by atoms with Crippen molar-refractivity contribution in [1.29, 1.82) is 0 Å². The van der Waals surface area contributed by atoms with Gasteiger partial charge in [-0.25, -0.2) is 4.79 Å². The number of carboxylic acids is 1. The van der Waals surface area contributed by atoms with Crippen molar-refractivity contribution in [1.82, 2.24) is 10.2 Å². The van der Waals surface area contributed by atoms with E-state index < -0.39 is 5.97 Å². The van der Waals surface area contributed by atoms with E-state index in [1.165, 1.54) is 11.0 Å². The van der Waals surface area contributed by atoms with Crippen LogP contribution >= 0.6 is 0 Å². The number of amides is 2. The molecule has 0 aromatic rings. The third-order valence-electron chi connectivity index (χ3n) is 2.05. The standard InChI is InChI=1S/C11H20N2O3/c1-4-6-9(3)12-11(16)13(7-5-2)8-10(14)15/h5,9H,2,4,6-8H2,1,3H3,(H,12,16)(H,14,15). The third kappa shape index (κ3) is 6.06. The zero-order chi connectivity index (χ0) is 12.6. The van der Waals surface area contributed by atoms with Gasteiger partial charge >= 0.3 is 12.0 Å². The summed E-state index contributed by atoms with van der Waals surface area (Å²) in [6.07, 6.45) is 3.36. The van der Waals surface area contributed by atoms with Crippen molar-refractivity contribution < 1.29 is 14.7 Å². The highest BCUT2D eigenvalue weighted by atomic mass is 16.4. The van der Waals surface area contributed by atoms with Crippen LogP contribution in [0.4, 0.5) is 4.79 Å². The van der Waals surface area contributed by atoms with E-state index in [-0.39, 0.29) is 25.2 Å². The van der Waals surface area contributed by atoms with Crippen LogP contribution in [0.1, 0.15) is 26.7 Å². The molecule has 0 saturated carbocycles. The van der Waals surface area contributed by atoms with Gasteiger partial charge in [-0.05, 0) is 13.3 Å². The number of carbonyl (C=O) groups is 2. The Bertz CT molecular complexity index is 254. The molecule has 5 heteroatoms. The van der Waals surface area contributed by atoms with Gasteiger partial charge in [0.2, 0.25) is 0 Å². The summed E-state index contributed by atoms with van der Waals surface area (Å²) in [4.78, 5) is 23.4. The molecule has 0 bridgehead atoms. The second-order valence-electron chi connectivity index (χ2n) is 3.70. The van der Waals surface area contributed by atoms with Gasteiger partial charge < -0.3 is 15.3 Å². The highest BCUT2D eigenvalue weighted by Gasteiger charge is 2.16. The van der Waals surface area contributed by atoms with Crippen LogP contribution in [-0.4, -0.2) is 41.1 Å². The summed E-state index contributed by atoms with van der Waals surface area (Å²) in [5, 5.41) is 11.4. The molecule has 0 heterocycles. The maximum absolute atomic E-state index is 11.7. The molecule has 0 aliphatic carbocycles. The molecule has 0 aromatic heterocycles. The Morgan fingerprint density at radius 3 is 2.62 bits per heavy atom. The predicted octanol–water partition coefficient (Wildman–Crippen LogP) is 1.46. The largest absolute Gasteiger partial charge is 0.480 e. The van der Waals surface area contributed by atoms with Crippen molar-refractivity contribution >= 4 is 12.0 Å². The van der Waals surface area contributed by atoms with E-state index in [4.69, 9.17) is 5.11 Å². The molecule has 0 aliphatic heterocycles. The number of nitrogens with zero attached hydrogens (tertiary/aromatic N) is 1. The Morgan fingerprint density at radius 1 is 1.56 bits per heavy atom. The van der Waals surface area contributed by atoms with Crippen LogP contribution in [-0.2, 0) is 4.79 Å². The lowest BCUT2D eigenvalue weighted by molar-refractivity contribution is -0.137. The monoisotopic (exact) mass is 228 g/mol. The zero-order valence-electron chi connectivity index (χ0n) is 9.90. The van der Waals surface area contributed by atoms with Gasteiger partial charge in [0, 0.05) is 12.6 Å². The number of aliphatic carboxylic acids is 1. The molecule has 0 saturated heterocycles. The first-order valence-electron chi connectivity index (χ1n) is 5.39. The second kappa shape index (κ2) is 7.73. The molecule has 2 N–H and O–H groups in total. The number of rotatable bonds is 7. The highest BCUT2D eigenvalue weighted by Crippen LogP contribution is 1.97. The minimum absolute atomic E-state index is 0.0543. The summed E-state index contributed by atoms with van der Waals surface area (Å²) in [5.74, 6) is -1.03. The van der Waals surface area contributed by atoms with Crippen molar-refractivity contribution in [2.45, 2.75) is 32.7 Å². The SMILES string of the molecule is C=CCN(CC(=O)O)C(=O)NC(C)CCC. The maximum Gasteiger partial charge on any atom is 0.323 e. The number of hydrogen-bond donors (Lipinski definition) is 2. The fourth-order valence-electron chi connectivity index (χ4n) is 1.35.